The Morgan fingerprint density at radius 3 is 2.85 bits per heavy atom. The molecule has 0 spiro atoms. The van der Waals surface area contributed by atoms with Crippen molar-refractivity contribution >= 4 is 23.4 Å². The Balaban J connectivity index is 1.51. The van der Waals surface area contributed by atoms with Crippen molar-refractivity contribution < 1.29 is 13.7 Å². The first kappa shape index (κ1) is 18.1. The van der Waals surface area contributed by atoms with Gasteiger partial charge in [-0.2, -0.15) is 4.98 Å². The number of nitrogens with one attached hydrogen (secondary N) is 1. The number of rotatable bonds is 6. The Bertz CT molecular complexity index is 927. The van der Waals surface area contributed by atoms with E-state index in [1.807, 2.05) is 32.0 Å². The quantitative estimate of drug-likeness (QED) is 0.697. The molecule has 3 aromatic rings. The Morgan fingerprint density at radius 1 is 1.23 bits per heavy atom. The lowest BCUT2D eigenvalue weighted by molar-refractivity contribution is -0.113. The van der Waals surface area contributed by atoms with Crippen molar-refractivity contribution in [3.8, 4) is 11.4 Å². The third kappa shape index (κ3) is 4.70. The lowest BCUT2D eigenvalue weighted by Gasteiger charge is -2.08. The van der Waals surface area contributed by atoms with E-state index in [0.29, 0.717) is 23.0 Å². The number of benzene rings is 2. The first-order valence-electron chi connectivity index (χ1n) is 8.04. The average molecular weight is 371 g/mol. The van der Waals surface area contributed by atoms with Crippen molar-refractivity contribution in [2.24, 2.45) is 0 Å². The maximum atomic E-state index is 13.2. The van der Waals surface area contributed by atoms with Crippen LogP contribution in [0.3, 0.4) is 0 Å². The molecule has 0 saturated carbocycles. The summed E-state index contributed by atoms with van der Waals surface area (Å²) >= 11 is 1.37. The highest BCUT2D eigenvalue weighted by Gasteiger charge is 2.11. The van der Waals surface area contributed by atoms with E-state index in [1.54, 1.807) is 12.1 Å². The molecule has 1 heterocycles. The molecule has 0 bridgehead atoms. The zero-order valence-electron chi connectivity index (χ0n) is 14.5. The van der Waals surface area contributed by atoms with Crippen LogP contribution in [0.4, 0.5) is 10.1 Å². The number of aryl methyl sites for hydroxylation is 2. The van der Waals surface area contributed by atoms with Gasteiger partial charge in [0, 0.05) is 11.3 Å². The molecular formula is C19H18FN3O2S. The number of nitrogens with zero attached hydrogens (tertiary/aromatic N) is 2. The minimum atomic E-state index is -0.355. The lowest BCUT2D eigenvalue weighted by Crippen LogP contribution is -2.15. The third-order valence-corrected chi connectivity index (χ3v) is 4.58. The van der Waals surface area contributed by atoms with Crippen LogP contribution in [0.2, 0.25) is 0 Å². The Hall–Kier alpha value is -2.67. The number of anilines is 1. The molecule has 0 unspecified atom stereocenters. The van der Waals surface area contributed by atoms with E-state index >= 15 is 0 Å². The van der Waals surface area contributed by atoms with Crippen LogP contribution in [-0.2, 0) is 10.5 Å². The summed E-state index contributed by atoms with van der Waals surface area (Å²) in [5, 5.41) is 6.74. The van der Waals surface area contributed by atoms with Crippen molar-refractivity contribution in [1.29, 1.82) is 0 Å². The summed E-state index contributed by atoms with van der Waals surface area (Å²) in [7, 11) is 0. The maximum Gasteiger partial charge on any atom is 0.236 e. The highest BCUT2D eigenvalue weighted by Crippen LogP contribution is 2.20. The van der Waals surface area contributed by atoms with Crippen molar-refractivity contribution in [3.63, 3.8) is 0 Å². The van der Waals surface area contributed by atoms with E-state index in [0.717, 1.165) is 16.8 Å². The highest BCUT2D eigenvalue weighted by atomic mass is 32.2. The molecule has 1 aromatic heterocycles. The van der Waals surface area contributed by atoms with Crippen molar-refractivity contribution in [3.05, 3.63) is 65.3 Å². The summed E-state index contributed by atoms with van der Waals surface area (Å²) in [5.41, 5.74) is 3.55. The molecule has 0 aliphatic rings. The normalized spacial score (nSPS) is 10.7. The van der Waals surface area contributed by atoms with Crippen LogP contribution in [0.5, 0.6) is 0 Å². The summed E-state index contributed by atoms with van der Waals surface area (Å²) in [4.78, 5) is 16.3. The largest absolute Gasteiger partial charge is 0.338 e. The molecule has 7 heteroatoms. The van der Waals surface area contributed by atoms with Gasteiger partial charge in [0.2, 0.25) is 17.6 Å². The average Bonchev–Trinajstić information content (AvgIpc) is 3.06. The minimum Gasteiger partial charge on any atom is -0.338 e. The van der Waals surface area contributed by atoms with Crippen LogP contribution >= 0.6 is 11.8 Å². The number of thioether (sulfide) groups is 1. The second-order valence-corrected chi connectivity index (χ2v) is 6.87. The molecule has 134 valence electrons. The molecule has 0 fully saturated rings. The van der Waals surface area contributed by atoms with E-state index in [4.69, 9.17) is 4.52 Å². The third-order valence-electron chi connectivity index (χ3n) is 3.67. The number of hydrogen-bond acceptors (Lipinski definition) is 5. The van der Waals surface area contributed by atoms with Crippen molar-refractivity contribution in [2.45, 2.75) is 19.6 Å². The summed E-state index contributed by atoms with van der Waals surface area (Å²) in [5.74, 6) is 0.958. The lowest BCUT2D eigenvalue weighted by atomic mass is 10.1. The predicted octanol–water partition coefficient (Wildman–Crippen LogP) is 4.36. The maximum absolute atomic E-state index is 13.2. The van der Waals surface area contributed by atoms with Gasteiger partial charge in [0.05, 0.1) is 11.5 Å². The summed E-state index contributed by atoms with van der Waals surface area (Å²) in [6.45, 7) is 3.97. The van der Waals surface area contributed by atoms with E-state index in [-0.39, 0.29) is 17.5 Å². The fraction of sp³-hybridized carbons (Fsp3) is 0.211. The van der Waals surface area contributed by atoms with Gasteiger partial charge in [-0.25, -0.2) is 4.39 Å². The molecule has 3 rings (SSSR count). The van der Waals surface area contributed by atoms with E-state index < -0.39 is 0 Å². The number of carbonyl (C=O) groups excluding carboxylic acids is 1. The van der Waals surface area contributed by atoms with E-state index in [1.165, 1.54) is 23.9 Å². The monoisotopic (exact) mass is 371 g/mol. The highest BCUT2D eigenvalue weighted by molar-refractivity contribution is 7.99. The number of aromatic nitrogens is 2. The Morgan fingerprint density at radius 2 is 2.08 bits per heavy atom. The molecule has 0 saturated heterocycles. The van der Waals surface area contributed by atoms with Gasteiger partial charge in [-0.15, -0.1) is 11.8 Å². The van der Waals surface area contributed by atoms with Crippen LogP contribution in [0.15, 0.2) is 47.0 Å². The second-order valence-electron chi connectivity index (χ2n) is 5.88. The van der Waals surface area contributed by atoms with Gasteiger partial charge in [-0.05, 0) is 37.6 Å². The molecule has 0 atom stereocenters. The van der Waals surface area contributed by atoms with Crippen LogP contribution in [0.1, 0.15) is 17.0 Å². The molecule has 2 aromatic carbocycles. The predicted molar refractivity (Wildman–Crippen MR) is 100 cm³/mol. The summed E-state index contributed by atoms with van der Waals surface area (Å²) in [6.07, 6.45) is 0. The molecule has 5 nitrogen and oxygen atoms in total. The molecule has 26 heavy (non-hydrogen) atoms. The molecule has 0 radical (unpaired) electrons. The molecule has 0 aliphatic heterocycles. The summed E-state index contributed by atoms with van der Waals surface area (Å²) in [6, 6.07) is 11.9. The first-order valence-corrected chi connectivity index (χ1v) is 9.20. The first-order chi connectivity index (χ1) is 12.5. The van der Waals surface area contributed by atoms with Gasteiger partial charge >= 0.3 is 0 Å². The zero-order valence-corrected chi connectivity index (χ0v) is 15.3. The van der Waals surface area contributed by atoms with Crippen LogP contribution in [0.25, 0.3) is 11.4 Å². The fourth-order valence-electron chi connectivity index (χ4n) is 2.43. The van der Waals surface area contributed by atoms with Gasteiger partial charge in [0.1, 0.15) is 5.82 Å². The zero-order chi connectivity index (χ0) is 18.5. The minimum absolute atomic E-state index is 0.0909. The smallest absolute Gasteiger partial charge is 0.236 e. The number of carbonyl (C=O) groups is 1. The summed E-state index contributed by atoms with van der Waals surface area (Å²) < 4.78 is 18.4. The topological polar surface area (TPSA) is 68.0 Å². The SMILES string of the molecule is Cc1ccc(NC(=O)CSCc2nc(-c3cccc(F)c3)no2)c(C)c1. The van der Waals surface area contributed by atoms with Crippen LogP contribution < -0.4 is 5.32 Å². The van der Waals surface area contributed by atoms with Crippen LogP contribution in [-0.4, -0.2) is 21.8 Å². The van der Waals surface area contributed by atoms with Gasteiger partial charge in [0.25, 0.3) is 0 Å². The Labute approximate surface area is 155 Å². The van der Waals surface area contributed by atoms with Gasteiger partial charge in [-0.3, -0.25) is 4.79 Å². The van der Waals surface area contributed by atoms with Crippen molar-refractivity contribution in [2.75, 3.05) is 11.1 Å². The second kappa shape index (κ2) is 8.14. The number of amides is 1. The Kier molecular flexibility index (Phi) is 5.68. The van der Waals surface area contributed by atoms with E-state index in [2.05, 4.69) is 15.5 Å². The molecule has 1 amide bonds. The number of hydrogen-bond donors (Lipinski definition) is 1. The van der Waals surface area contributed by atoms with Crippen LogP contribution in [0, 0.1) is 19.7 Å². The standard InChI is InChI=1S/C19H18FN3O2S/c1-12-6-7-16(13(2)8-12)21-17(24)10-26-11-18-22-19(23-25-18)14-4-3-5-15(20)9-14/h3-9H,10-11H2,1-2H3,(H,21,24). The molecular weight excluding hydrogens is 353 g/mol. The number of halogens is 1. The fourth-order valence-corrected chi connectivity index (χ4v) is 3.08. The van der Waals surface area contributed by atoms with Gasteiger partial charge in [-0.1, -0.05) is 35.0 Å². The van der Waals surface area contributed by atoms with Gasteiger partial charge < -0.3 is 9.84 Å². The van der Waals surface area contributed by atoms with Gasteiger partial charge in [0.15, 0.2) is 0 Å². The van der Waals surface area contributed by atoms with E-state index in [9.17, 15) is 9.18 Å². The molecule has 0 aliphatic carbocycles. The molecule has 1 N–H and O–H groups in total. The van der Waals surface area contributed by atoms with Crippen molar-refractivity contribution in [1.82, 2.24) is 10.1 Å².